The predicted molar refractivity (Wildman–Crippen MR) is 72.6 cm³/mol. The fourth-order valence-electron chi connectivity index (χ4n) is 3.13. The molecule has 1 aliphatic carbocycles. The summed E-state index contributed by atoms with van der Waals surface area (Å²) in [6.45, 7) is 4.02. The van der Waals surface area contributed by atoms with Gasteiger partial charge < -0.3 is 5.73 Å². The topological polar surface area (TPSA) is 29.3 Å². The fourth-order valence-corrected chi connectivity index (χ4v) is 3.13. The number of hydrogen-bond acceptors (Lipinski definition) is 2. The first kappa shape index (κ1) is 14.4. The average Bonchev–Trinajstić information content (AvgIpc) is 2.88. The molecule has 1 aliphatic rings. The summed E-state index contributed by atoms with van der Waals surface area (Å²) in [5, 5.41) is 0. The summed E-state index contributed by atoms with van der Waals surface area (Å²) >= 11 is 0. The normalized spacial score (nSPS) is 23.2. The Morgan fingerprint density at radius 3 is 2.79 bits per heavy atom. The van der Waals surface area contributed by atoms with Crippen molar-refractivity contribution in [2.75, 3.05) is 13.1 Å². The van der Waals surface area contributed by atoms with Gasteiger partial charge in [0.05, 0.1) is 0 Å². The van der Waals surface area contributed by atoms with Crippen LogP contribution < -0.4 is 5.73 Å². The second-order valence-corrected chi connectivity index (χ2v) is 5.27. The van der Waals surface area contributed by atoms with Crippen molar-refractivity contribution in [3.8, 4) is 0 Å². The first-order chi connectivity index (χ1) is 9.17. The molecule has 19 heavy (non-hydrogen) atoms. The fraction of sp³-hybridized carbons (Fsp3) is 0.600. The van der Waals surface area contributed by atoms with Gasteiger partial charge in [-0.3, -0.25) is 4.90 Å². The van der Waals surface area contributed by atoms with Crippen molar-refractivity contribution in [2.45, 2.75) is 38.8 Å². The van der Waals surface area contributed by atoms with E-state index in [1.165, 1.54) is 6.42 Å². The molecule has 2 N–H and O–H groups in total. The molecule has 0 saturated heterocycles. The molecule has 0 bridgehead atoms. The zero-order valence-electron chi connectivity index (χ0n) is 11.4. The average molecular weight is 268 g/mol. The summed E-state index contributed by atoms with van der Waals surface area (Å²) in [5.74, 6) is -1.00. The maximum Gasteiger partial charge on any atom is 0.163 e. The van der Waals surface area contributed by atoms with E-state index in [9.17, 15) is 8.78 Å². The number of nitrogens with zero attached hydrogens (tertiary/aromatic N) is 1. The van der Waals surface area contributed by atoms with Crippen molar-refractivity contribution in [3.63, 3.8) is 0 Å². The number of benzene rings is 1. The highest BCUT2D eigenvalue weighted by atomic mass is 19.2. The molecule has 4 heteroatoms. The Kier molecular flexibility index (Phi) is 4.88. The first-order valence-corrected chi connectivity index (χ1v) is 7.04. The quantitative estimate of drug-likeness (QED) is 0.889. The smallest absolute Gasteiger partial charge is 0.163 e. The Bertz CT molecular complexity index is 423. The molecule has 0 aromatic heterocycles. The van der Waals surface area contributed by atoms with Crippen molar-refractivity contribution in [3.05, 3.63) is 35.4 Å². The molecule has 2 unspecified atom stereocenters. The lowest BCUT2D eigenvalue weighted by molar-refractivity contribution is 0.160. The largest absolute Gasteiger partial charge is 0.330 e. The second-order valence-electron chi connectivity index (χ2n) is 5.27. The van der Waals surface area contributed by atoms with Gasteiger partial charge in [0, 0.05) is 18.2 Å². The minimum atomic E-state index is -0.768. The highest BCUT2D eigenvalue weighted by Gasteiger charge is 2.30. The maximum atomic E-state index is 13.7. The van der Waals surface area contributed by atoms with Gasteiger partial charge in [-0.2, -0.15) is 0 Å². The van der Waals surface area contributed by atoms with Crippen LogP contribution in [0.25, 0.3) is 0 Å². The summed E-state index contributed by atoms with van der Waals surface area (Å²) in [7, 11) is 0. The molecule has 106 valence electrons. The van der Waals surface area contributed by atoms with Gasteiger partial charge in [-0.25, -0.2) is 8.78 Å². The van der Waals surface area contributed by atoms with Gasteiger partial charge in [-0.1, -0.05) is 25.5 Å². The van der Waals surface area contributed by atoms with E-state index in [0.717, 1.165) is 25.5 Å². The van der Waals surface area contributed by atoms with Crippen molar-refractivity contribution >= 4 is 0 Å². The zero-order valence-corrected chi connectivity index (χ0v) is 11.4. The van der Waals surface area contributed by atoms with Crippen molar-refractivity contribution in [1.82, 2.24) is 4.90 Å². The Labute approximate surface area is 113 Å². The standard InChI is InChI=1S/C15H22F2N2/c1-2-19(14-8-4-5-11(14)9-18)10-12-6-3-7-13(16)15(12)17/h3,6-7,11,14H,2,4-5,8-10,18H2,1H3. The van der Waals surface area contributed by atoms with Gasteiger partial charge in [0.25, 0.3) is 0 Å². The van der Waals surface area contributed by atoms with Gasteiger partial charge in [-0.15, -0.1) is 0 Å². The summed E-state index contributed by atoms with van der Waals surface area (Å²) in [6.07, 6.45) is 3.42. The lowest BCUT2D eigenvalue weighted by Gasteiger charge is -2.31. The third kappa shape index (κ3) is 3.12. The molecular weight excluding hydrogens is 246 g/mol. The van der Waals surface area contributed by atoms with Crippen LogP contribution in [-0.2, 0) is 6.54 Å². The lowest BCUT2D eigenvalue weighted by atomic mass is 10.0. The SMILES string of the molecule is CCN(Cc1cccc(F)c1F)C1CCCC1CN. The summed E-state index contributed by atoms with van der Waals surface area (Å²) < 4.78 is 27.0. The van der Waals surface area contributed by atoms with E-state index in [1.807, 2.05) is 0 Å². The third-order valence-corrected chi connectivity index (χ3v) is 4.20. The van der Waals surface area contributed by atoms with E-state index >= 15 is 0 Å². The van der Waals surface area contributed by atoms with Gasteiger partial charge >= 0.3 is 0 Å². The highest BCUT2D eigenvalue weighted by Crippen LogP contribution is 2.30. The first-order valence-electron chi connectivity index (χ1n) is 7.04. The van der Waals surface area contributed by atoms with Gasteiger partial charge in [0.15, 0.2) is 11.6 Å². The van der Waals surface area contributed by atoms with Crippen LogP contribution in [0, 0.1) is 17.6 Å². The monoisotopic (exact) mass is 268 g/mol. The Morgan fingerprint density at radius 2 is 2.11 bits per heavy atom. The van der Waals surface area contributed by atoms with Crippen LogP contribution in [0.15, 0.2) is 18.2 Å². The van der Waals surface area contributed by atoms with E-state index < -0.39 is 11.6 Å². The van der Waals surface area contributed by atoms with E-state index in [1.54, 1.807) is 12.1 Å². The van der Waals surface area contributed by atoms with Crippen LogP contribution >= 0.6 is 0 Å². The number of halogens is 2. The molecule has 0 aliphatic heterocycles. The van der Waals surface area contributed by atoms with Gasteiger partial charge in [0.2, 0.25) is 0 Å². The molecule has 1 aromatic rings. The molecule has 0 radical (unpaired) electrons. The van der Waals surface area contributed by atoms with Crippen LogP contribution in [0.2, 0.25) is 0 Å². The van der Waals surface area contributed by atoms with Crippen molar-refractivity contribution in [1.29, 1.82) is 0 Å². The summed E-state index contributed by atoms with van der Waals surface area (Å²) in [4.78, 5) is 2.22. The summed E-state index contributed by atoms with van der Waals surface area (Å²) in [5.41, 5.74) is 6.24. The molecule has 1 fully saturated rings. The Morgan fingerprint density at radius 1 is 1.32 bits per heavy atom. The number of hydrogen-bond donors (Lipinski definition) is 1. The molecule has 0 spiro atoms. The third-order valence-electron chi connectivity index (χ3n) is 4.20. The molecular formula is C15H22F2N2. The molecule has 1 saturated carbocycles. The Hall–Kier alpha value is -1.00. The second kappa shape index (κ2) is 6.44. The van der Waals surface area contributed by atoms with Crippen LogP contribution in [-0.4, -0.2) is 24.0 Å². The van der Waals surface area contributed by atoms with Gasteiger partial charge in [0.1, 0.15) is 0 Å². The molecule has 1 aromatic carbocycles. The van der Waals surface area contributed by atoms with Crippen LogP contribution in [0.5, 0.6) is 0 Å². The molecule has 2 rings (SSSR count). The van der Waals surface area contributed by atoms with Crippen LogP contribution in [0.1, 0.15) is 31.7 Å². The Balaban J connectivity index is 2.12. The number of nitrogens with two attached hydrogens (primary N) is 1. The maximum absolute atomic E-state index is 13.7. The van der Waals surface area contributed by atoms with E-state index in [2.05, 4.69) is 11.8 Å². The van der Waals surface area contributed by atoms with E-state index in [-0.39, 0.29) is 0 Å². The van der Waals surface area contributed by atoms with Gasteiger partial charge in [-0.05, 0) is 37.9 Å². The number of rotatable bonds is 5. The van der Waals surface area contributed by atoms with E-state index in [4.69, 9.17) is 5.73 Å². The molecule has 2 atom stereocenters. The minimum absolute atomic E-state index is 0.401. The zero-order chi connectivity index (χ0) is 13.8. The molecule has 2 nitrogen and oxygen atoms in total. The summed E-state index contributed by atoms with van der Waals surface area (Å²) in [6, 6.07) is 4.79. The molecule has 0 amide bonds. The highest BCUT2D eigenvalue weighted by molar-refractivity contribution is 5.19. The van der Waals surface area contributed by atoms with Crippen LogP contribution in [0.4, 0.5) is 8.78 Å². The van der Waals surface area contributed by atoms with Crippen molar-refractivity contribution < 1.29 is 8.78 Å². The predicted octanol–water partition coefficient (Wildman–Crippen LogP) is 2.91. The minimum Gasteiger partial charge on any atom is -0.330 e. The molecule has 0 heterocycles. The van der Waals surface area contributed by atoms with Crippen LogP contribution in [0.3, 0.4) is 0 Å². The lowest BCUT2D eigenvalue weighted by Crippen LogP contribution is -2.40. The van der Waals surface area contributed by atoms with Crippen molar-refractivity contribution in [2.24, 2.45) is 11.7 Å². The van der Waals surface area contributed by atoms with E-state index in [0.29, 0.717) is 30.6 Å².